The van der Waals surface area contributed by atoms with E-state index >= 15 is 0 Å². The lowest BCUT2D eigenvalue weighted by molar-refractivity contribution is 0.0994. The Bertz CT molecular complexity index is 224. The zero-order chi connectivity index (χ0) is 9.68. The second-order valence-corrected chi connectivity index (χ2v) is 3.81. The number of rotatable bonds is 5. The van der Waals surface area contributed by atoms with Crippen LogP contribution in [0.1, 0.15) is 11.8 Å². The molecule has 1 heterocycles. The first kappa shape index (κ1) is 10.6. The highest BCUT2D eigenvalue weighted by Crippen LogP contribution is 2.14. The van der Waals surface area contributed by atoms with Crippen LogP contribution < -0.4 is 5.32 Å². The van der Waals surface area contributed by atoms with Gasteiger partial charge in [0.05, 0.1) is 6.04 Å². The van der Waals surface area contributed by atoms with E-state index in [9.17, 15) is 8.78 Å². The molecule has 4 heteroatoms. The van der Waals surface area contributed by atoms with Crippen LogP contribution in [0.2, 0.25) is 0 Å². The van der Waals surface area contributed by atoms with Crippen LogP contribution in [-0.2, 0) is 6.42 Å². The summed E-state index contributed by atoms with van der Waals surface area (Å²) >= 11 is 1.52. The average molecular weight is 205 g/mol. The molecule has 0 amide bonds. The van der Waals surface area contributed by atoms with Gasteiger partial charge in [-0.3, -0.25) is 0 Å². The summed E-state index contributed by atoms with van der Waals surface area (Å²) in [5.41, 5.74) is 0. The largest absolute Gasteiger partial charge is 0.309 e. The lowest BCUT2D eigenvalue weighted by Crippen LogP contribution is -2.37. The molecule has 1 nitrogen and oxygen atoms in total. The molecule has 1 N–H and O–H groups in total. The number of alkyl halides is 2. The van der Waals surface area contributed by atoms with Crippen LogP contribution in [0, 0.1) is 0 Å². The second-order valence-electron chi connectivity index (χ2n) is 2.78. The van der Waals surface area contributed by atoms with E-state index in [-0.39, 0.29) is 0 Å². The summed E-state index contributed by atoms with van der Waals surface area (Å²) in [5.74, 6) is 0. The van der Waals surface area contributed by atoms with Gasteiger partial charge in [0.25, 0.3) is 6.43 Å². The van der Waals surface area contributed by atoms with Crippen LogP contribution in [0.25, 0.3) is 0 Å². The van der Waals surface area contributed by atoms with Crippen molar-refractivity contribution >= 4 is 11.3 Å². The summed E-state index contributed by atoms with van der Waals surface area (Å²) in [6, 6.07) is 3.06. The lowest BCUT2D eigenvalue weighted by atomic mass is 10.2. The minimum atomic E-state index is -2.29. The van der Waals surface area contributed by atoms with E-state index in [0.717, 1.165) is 4.88 Å². The minimum Gasteiger partial charge on any atom is -0.309 e. The maximum absolute atomic E-state index is 12.4. The molecule has 1 aromatic rings. The van der Waals surface area contributed by atoms with Crippen molar-refractivity contribution in [1.29, 1.82) is 0 Å². The molecule has 0 fully saturated rings. The molecule has 1 aromatic heterocycles. The molecular formula is C9H13F2NS. The number of thiophene rings is 1. The van der Waals surface area contributed by atoms with E-state index in [1.54, 1.807) is 0 Å². The number of halogens is 2. The van der Waals surface area contributed by atoms with Crippen molar-refractivity contribution in [3.05, 3.63) is 22.4 Å². The highest BCUT2D eigenvalue weighted by molar-refractivity contribution is 7.09. The van der Waals surface area contributed by atoms with Gasteiger partial charge in [-0.25, -0.2) is 8.78 Å². The molecule has 0 aliphatic rings. The van der Waals surface area contributed by atoms with Crippen LogP contribution in [0.5, 0.6) is 0 Å². The first-order valence-electron chi connectivity index (χ1n) is 4.28. The first-order valence-corrected chi connectivity index (χ1v) is 5.16. The van der Waals surface area contributed by atoms with Crippen molar-refractivity contribution in [3.63, 3.8) is 0 Å². The standard InChI is InChI=1S/C9H13F2NS/c1-2-12-8(9(10)11)6-7-4-3-5-13-7/h3-5,8-9,12H,2,6H2,1H3. The van der Waals surface area contributed by atoms with Crippen molar-refractivity contribution in [2.24, 2.45) is 0 Å². The predicted octanol–water partition coefficient (Wildman–Crippen LogP) is 2.53. The Morgan fingerprint density at radius 1 is 1.54 bits per heavy atom. The maximum Gasteiger partial charge on any atom is 0.254 e. The summed E-state index contributed by atoms with van der Waals surface area (Å²) in [6.45, 7) is 2.42. The van der Waals surface area contributed by atoms with Gasteiger partial charge in [0.2, 0.25) is 0 Å². The van der Waals surface area contributed by atoms with E-state index in [0.29, 0.717) is 13.0 Å². The van der Waals surface area contributed by atoms with E-state index in [2.05, 4.69) is 5.32 Å². The smallest absolute Gasteiger partial charge is 0.254 e. The Balaban J connectivity index is 2.47. The highest BCUT2D eigenvalue weighted by atomic mass is 32.1. The Hall–Kier alpha value is -0.480. The maximum atomic E-state index is 12.4. The molecule has 0 saturated heterocycles. The molecule has 0 spiro atoms. The third kappa shape index (κ3) is 3.40. The van der Waals surface area contributed by atoms with Gasteiger partial charge in [-0.05, 0) is 18.0 Å². The van der Waals surface area contributed by atoms with Crippen molar-refractivity contribution < 1.29 is 8.78 Å². The van der Waals surface area contributed by atoms with E-state index in [4.69, 9.17) is 0 Å². The summed E-state index contributed by atoms with van der Waals surface area (Å²) in [6.07, 6.45) is -1.87. The molecule has 13 heavy (non-hydrogen) atoms. The molecule has 0 aromatic carbocycles. The molecule has 1 atom stereocenters. The normalized spacial score (nSPS) is 13.5. The van der Waals surface area contributed by atoms with Crippen LogP contribution >= 0.6 is 11.3 Å². The van der Waals surface area contributed by atoms with Crippen LogP contribution in [-0.4, -0.2) is 19.0 Å². The molecular weight excluding hydrogens is 192 g/mol. The van der Waals surface area contributed by atoms with Crippen LogP contribution in [0.3, 0.4) is 0 Å². The van der Waals surface area contributed by atoms with E-state index in [1.807, 2.05) is 24.4 Å². The van der Waals surface area contributed by atoms with Crippen molar-refractivity contribution in [2.45, 2.75) is 25.8 Å². The zero-order valence-electron chi connectivity index (χ0n) is 7.47. The summed E-state index contributed by atoms with van der Waals surface area (Å²) in [4.78, 5) is 1.01. The number of hydrogen-bond acceptors (Lipinski definition) is 2. The average Bonchev–Trinajstić information content (AvgIpc) is 2.56. The Morgan fingerprint density at radius 2 is 2.31 bits per heavy atom. The van der Waals surface area contributed by atoms with Crippen molar-refractivity contribution in [3.8, 4) is 0 Å². The lowest BCUT2D eigenvalue weighted by Gasteiger charge is -2.15. The SMILES string of the molecule is CCNC(Cc1cccs1)C(F)F. The topological polar surface area (TPSA) is 12.0 Å². The molecule has 0 saturated carbocycles. The van der Waals surface area contributed by atoms with Gasteiger partial charge in [-0.2, -0.15) is 0 Å². The molecule has 0 aliphatic heterocycles. The second kappa shape index (κ2) is 5.29. The molecule has 1 rings (SSSR count). The highest BCUT2D eigenvalue weighted by Gasteiger charge is 2.19. The molecule has 74 valence electrons. The third-order valence-electron chi connectivity index (χ3n) is 1.77. The van der Waals surface area contributed by atoms with Crippen LogP contribution in [0.4, 0.5) is 8.78 Å². The Labute approximate surface area is 80.8 Å². The Kier molecular flexibility index (Phi) is 4.32. The Morgan fingerprint density at radius 3 is 2.77 bits per heavy atom. The third-order valence-corrected chi connectivity index (χ3v) is 2.67. The van der Waals surface area contributed by atoms with Gasteiger partial charge in [0.15, 0.2) is 0 Å². The molecule has 0 radical (unpaired) electrons. The fourth-order valence-electron chi connectivity index (χ4n) is 1.16. The zero-order valence-corrected chi connectivity index (χ0v) is 8.28. The van der Waals surface area contributed by atoms with Gasteiger partial charge in [-0.1, -0.05) is 13.0 Å². The van der Waals surface area contributed by atoms with Crippen molar-refractivity contribution in [2.75, 3.05) is 6.54 Å². The number of likely N-dealkylation sites (N-methyl/N-ethyl adjacent to an activating group) is 1. The van der Waals surface area contributed by atoms with Gasteiger partial charge in [-0.15, -0.1) is 11.3 Å². The number of hydrogen-bond donors (Lipinski definition) is 1. The molecule has 0 bridgehead atoms. The quantitative estimate of drug-likeness (QED) is 0.779. The monoisotopic (exact) mass is 205 g/mol. The van der Waals surface area contributed by atoms with Gasteiger partial charge in [0, 0.05) is 11.3 Å². The van der Waals surface area contributed by atoms with Gasteiger partial charge in [0.1, 0.15) is 0 Å². The van der Waals surface area contributed by atoms with Gasteiger partial charge >= 0.3 is 0 Å². The fraction of sp³-hybridized carbons (Fsp3) is 0.556. The summed E-state index contributed by atoms with van der Waals surface area (Å²) < 4.78 is 24.8. The summed E-state index contributed by atoms with van der Waals surface area (Å²) in [7, 11) is 0. The van der Waals surface area contributed by atoms with Gasteiger partial charge < -0.3 is 5.32 Å². The number of nitrogens with one attached hydrogen (secondary N) is 1. The first-order chi connectivity index (χ1) is 6.24. The molecule has 0 aliphatic carbocycles. The fourth-order valence-corrected chi connectivity index (χ4v) is 1.92. The molecule has 1 unspecified atom stereocenters. The van der Waals surface area contributed by atoms with Crippen molar-refractivity contribution in [1.82, 2.24) is 5.32 Å². The van der Waals surface area contributed by atoms with E-state index < -0.39 is 12.5 Å². The predicted molar refractivity (Wildman–Crippen MR) is 51.5 cm³/mol. The van der Waals surface area contributed by atoms with Crippen LogP contribution in [0.15, 0.2) is 17.5 Å². The van der Waals surface area contributed by atoms with E-state index in [1.165, 1.54) is 11.3 Å². The summed E-state index contributed by atoms with van der Waals surface area (Å²) in [5, 5.41) is 4.68. The minimum absolute atomic E-state index is 0.420.